The third-order valence-corrected chi connectivity index (χ3v) is 2.43. The number of aryl methyl sites for hydroxylation is 1. The normalized spacial score (nSPS) is 18.5. The fraction of sp³-hybridized carbons (Fsp3) is 0.455. The third-order valence-electron chi connectivity index (χ3n) is 2.43. The molecule has 16 heavy (non-hydrogen) atoms. The number of aromatic nitrogens is 1. The van der Waals surface area contributed by atoms with Crippen molar-refractivity contribution < 1.29 is 9.31 Å². The maximum atomic E-state index is 9.01. The molecule has 1 aromatic rings. The molecule has 1 aliphatic rings. The van der Waals surface area contributed by atoms with Crippen LogP contribution in [0.5, 0.6) is 0 Å². The first kappa shape index (κ1) is 11.1. The van der Waals surface area contributed by atoms with Crippen LogP contribution in [-0.2, 0) is 9.31 Å². The maximum absolute atomic E-state index is 9.01. The van der Waals surface area contributed by atoms with Gasteiger partial charge in [0, 0.05) is 11.2 Å². The molecule has 0 amide bonds. The Hall–Kier alpha value is -1.38. The van der Waals surface area contributed by atoms with Crippen molar-refractivity contribution in [3.63, 3.8) is 0 Å². The molecule has 1 fully saturated rings. The van der Waals surface area contributed by atoms with E-state index in [0.717, 1.165) is 5.69 Å². The Bertz CT molecular complexity index is 454. The summed E-state index contributed by atoms with van der Waals surface area (Å²) in [4.78, 5) is 4.16. The molecule has 0 unspecified atom stereocenters. The van der Waals surface area contributed by atoms with Crippen LogP contribution in [0.3, 0.4) is 0 Å². The fourth-order valence-corrected chi connectivity index (χ4v) is 1.63. The monoisotopic (exact) mass is 216 g/mol. The third kappa shape index (κ3) is 2.08. The summed E-state index contributed by atoms with van der Waals surface area (Å²) < 4.78 is 11.2. The molecule has 0 radical (unpaired) electrons. The zero-order valence-electron chi connectivity index (χ0n) is 9.65. The second-order valence-electron chi connectivity index (χ2n) is 4.52. The van der Waals surface area contributed by atoms with E-state index >= 15 is 0 Å². The first-order valence-corrected chi connectivity index (χ1v) is 5.19. The molecular formula is C11H13BN2O2. The summed E-state index contributed by atoms with van der Waals surface area (Å²) in [5.74, 6) is 0. The number of hydrogen-bond acceptors (Lipinski definition) is 4. The summed E-state index contributed by atoms with van der Waals surface area (Å²) in [5, 5.41) is 9.01. The van der Waals surface area contributed by atoms with E-state index < -0.39 is 7.12 Å². The van der Waals surface area contributed by atoms with E-state index in [1.54, 1.807) is 0 Å². The van der Waals surface area contributed by atoms with Gasteiger partial charge in [-0.1, -0.05) is 6.07 Å². The minimum atomic E-state index is -0.474. The molecule has 0 bridgehead atoms. The number of nitriles is 1. The van der Waals surface area contributed by atoms with Gasteiger partial charge in [-0.3, -0.25) is 0 Å². The van der Waals surface area contributed by atoms with E-state index in [1.807, 2.05) is 32.9 Å². The SMILES string of the molecule is Cc1ccc(B2OCC(C)(C)O2)c(C#N)n1. The minimum absolute atomic E-state index is 0.303. The van der Waals surface area contributed by atoms with Gasteiger partial charge in [0.2, 0.25) is 0 Å². The Labute approximate surface area is 95.3 Å². The molecule has 82 valence electrons. The van der Waals surface area contributed by atoms with Crippen LogP contribution in [0.15, 0.2) is 12.1 Å². The van der Waals surface area contributed by atoms with E-state index in [4.69, 9.17) is 14.6 Å². The molecule has 0 aliphatic carbocycles. The van der Waals surface area contributed by atoms with Gasteiger partial charge in [0.15, 0.2) is 0 Å². The Morgan fingerprint density at radius 3 is 2.81 bits per heavy atom. The van der Waals surface area contributed by atoms with Gasteiger partial charge in [0.25, 0.3) is 0 Å². The fourth-order valence-electron chi connectivity index (χ4n) is 1.63. The number of pyridine rings is 1. The largest absolute Gasteiger partial charge is 0.497 e. The van der Waals surface area contributed by atoms with E-state index in [1.165, 1.54) is 0 Å². The van der Waals surface area contributed by atoms with E-state index in [9.17, 15) is 0 Å². The Kier molecular flexibility index (Phi) is 2.70. The van der Waals surface area contributed by atoms with Crippen LogP contribution in [0.2, 0.25) is 0 Å². The van der Waals surface area contributed by atoms with Crippen molar-refractivity contribution in [1.29, 1.82) is 5.26 Å². The predicted molar refractivity (Wildman–Crippen MR) is 60.2 cm³/mol. The van der Waals surface area contributed by atoms with Crippen molar-refractivity contribution in [3.8, 4) is 6.07 Å². The average Bonchev–Trinajstić information content (AvgIpc) is 2.58. The van der Waals surface area contributed by atoms with Gasteiger partial charge in [-0.15, -0.1) is 0 Å². The Morgan fingerprint density at radius 1 is 1.50 bits per heavy atom. The van der Waals surface area contributed by atoms with Gasteiger partial charge < -0.3 is 9.31 Å². The lowest BCUT2D eigenvalue weighted by molar-refractivity contribution is 0.137. The van der Waals surface area contributed by atoms with Crippen molar-refractivity contribution >= 4 is 12.6 Å². The highest BCUT2D eigenvalue weighted by Gasteiger charge is 2.39. The zero-order valence-corrected chi connectivity index (χ0v) is 9.65. The van der Waals surface area contributed by atoms with Gasteiger partial charge in [-0.05, 0) is 26.8 Å². The van der Waals surface area contributed by atoms with Gasteiger partial charge in [0.1, 0.15) is 11.8 Å². The van der Waals surface area contributed by atoms with Crippen molar-refractivity contribution in [2.45, 2.75) is 26.4 Å². The van der Waals surface area contributed by atoms with Crippen molar-refractivity contribution in [2.24, 2.45) is 0 Å². The lowest BCUT2D eigenvalue weighted by Gasteiger charge is -2.15. The highest BCUT2D eigenvalue weighted by atomic mass is 16.7. The Morgan fingerprint density at radius 2 is 2.25 bits per heavy atom. The van der Waals surface area contributed by atoms with Gasteiger partial charge in [-0.25, -0.2) is 4.98 Å². The summed E-state index contributed by atoms with van der Waals surface area (Å²) >= 11 is 0. The first-order valence-electron chi connectivity index (χ1n) is 5.19. The summed E-state index contributed by atoms with van der Waals surface area (Å²) in [6.45, 7) is 6.29. The van der Waals surface area contributed by atoms with E-state index in [0.29, 0.717) is 17.8 Å². The molecule has 1 saturated heterocycles. The summed E-state index contributed by atoms with van der Waals surface area (Å²) in [6, 6.07) is 5.77. The van der Waals surface area contributed by atoms with Gasteiger partial charge in [-0.2, -0.15) is 5.26 Å². The molecule has 1 aromatic heterocycles. The van der Waals surface area contributed by atoms with Crippen LogP contribution in [0, 0.1) is 18.3 Å². The lowest BCUT2D eigenvalue weighted by atomic mass is 9.78. The number of rotatable bonds is 1. The quantitative estimate of drug-likeness (QED) is 0.651. The van der Waals surface area contributed by atoms with E-state index in [2.05, 4.69) is 11.1 Å². The molecule has 2 rings (SSSR count). The molecular weight excluding hydrogens is 203 g/mol. The van der Waals surface area contributed by atoms with Crippen LogP contribution < -0.4 is 5.46 Å². The average molecular weight is 216 g/mol. The molecule has 4 nitrogen and oxygen atoms in total. The molecule has 0 aromatic carbocycles. The Balaban J connectivity index is 2.32. The highest BCUT2D eigenvalue weighted by Crippen LogP contribution is 2.19. The van der Waals surface area contributed by atoms with Crippen molar-refractivity contribution in [1.82, 2.24) is 4.98 Å². The van der Waals surface area contributed by atoms with Crippen LogP contribution in [0.4, 0.5) is 0 Å². The lowest BCUT2D eigenvalue weighted by Crippen LogP contribution is -2.37. The highest BCUT2D eigenvalue weighted by molar-refractivity contribution is 6.62. The minimum Gasteiger partial charge on any atom is -0.404 e. The van der Waals surface area contributed by atoms with Gasteiger partial charge >= 0.3 is 7.12 Å². The number of hydrogen-bond donors (Lipinski definition) is 0. The van der Waals surface area contributed by atoms with Crippen LogP contribution in [-0.4, -0.2) is 24.3 Å². The van der Waals surface area contributed by atoms with Crippen molar-refractivity contribution in [2.75, 3.05) is 6.61 Å². The standard InChI is InChI=1S/C11H13BN2O2/c1-8-4-5-9(10(6-13)14-8)12-15-7-11(2,3)16-12/h4-5H,7H2,1-3H3. The first-order chi connectivity index (χ1) is 7.52. The summed E-state index contributed by atoms with van der Waals surface area (Å²) in [6.07, 6.45) is 0. The molecule has 0 atom stereocenters. The smallest absolute Gasteiger partial charge is 0.404 e. The van der Waals surface area contributed by atoms with E-state index in [-0.39, 0.29) is 5.60 Å². The maximum Gasteiger partial charge on any atom is 0.497 e. The van der Waals surface area contributed by atoms with Gasteiger partial charge in [0.05, 0.1) is 12.2 Å². The molecule has 0 spiro atoms. The summed E-state index contributed by atoms with van der Waals surface area (Å²) in [5.41, 5.74) is 1.60. The molecule has 1 aliphatic heterocycles. The molecule has 0 saturated carbocycles. The topological polar surface area (TPSA) is 55.1 Å². The second kappa shape index (κ2) is 3.89. The summed E-state index contributed by atoms with van der Waals surface area (Å²) in [7, 11) is -0.474. The van der Waals surface area contributed by atoms with Crippen molar-refractivity contribution in [3.05, 3.63) is 23.5 Å². The van der Waals surface area contributed by atoms with Crippen LogP contribution in [0.1, 0.15) is 25.2 Å². The molecule has 5 heteroatoms. The van der Waals surface area contributed by atoms with Crippen LogP contribution >= 0.6 is 0 Å². The zero-order chi connectivity index (χ0) is 11.8. The molecule has 0 N–H and O–H groups in total. The number of nitrogens with zero attached hydrogens (tertiary/aromatic N) is 2. The predicted octanol–water partition coefficient (Wildman–Crippen LogP) is 0.782. The van der Waals surface area contributed by atoms with Crippen LogP contribution in [0.25, 0.3) is 0 Å². The second-order valence-corrected chi connectivity index (χ2v) is 4.52. The molecule has 2 heterocycles.